The van der Waals surface area contributed by atoms with Crippen LogP contribution in [0.25, 0.3) is 22.1 Å². The molecule has 0 spiro atoms. The molecule has 3 rings (SSSR count). The Hall–Kier alpha value is -2.75. The number of benzene rings is 2. The van der Waals surface area contributed by atoms with Gasteiger partial charge >= 0.3 is 0 Å². The highest BCUT2D eigenvalue weighted by molar-refractivity contribution is 5.87. The lowest BCUT2D eigenvalue weighted by atomic mass is 10.1. The second kappa shape index (κ2) is 6.16. The summed E-state index contributed by atoms with van der Waals surface area (Å²) in [6, 6.07) is 11.8. The maximum Gasteiger partial charge on any atom is 0.204 e. The highest BCUT2D eigenvalue weighted by atomic mass is 16.5. The lowest BCUT2D eigenvalue weighted by molar-refractivity contribution is 0.273. The second-order valence-electron chi connectivity index (χ2n) is 5.86. The van der Waals surface area contributed by atoms with Crippen molar-refractivity contribution in [3.05, 3.63) is 59.0 Å². The molecule has 0 aliphatic heterocycles. The lowest BCUT2D eigenvalue weighted by Crippen LogP contribution is -2.10. The van der Waals surface area contributed by atoms with Crippen molar-refractivity contribution >= 4 is 11.0 Å². The van der Waals surface area contributed by atoms with Crippen molar-refractivity contribution in [2.75, 3.05) is 6.61 Å². The molecule has 0 fully saturated rings. The Morgan fingerprint density at radius 3 is 2.57 bits per heavy atom. The molecule has 1 aromatic heterocycles. The number of ether oxygens (including phenoxy) is 1. The first kappa shape index (κ1) is 15.2. The van der Waals surface area contributed by atoms with E-state index in [-0.39, 0.29) is 11.2 Å². The molecule has 0 unspecified atom stereocenters. The van der Waals surface area contributed by atoms with Gasteiger partial charge in [-0.25, -0.2) is 0 Å². The second-order valence-corrected chi connectivity index (χ2v) is 5.86. The molecule has 0 radical (unpaired) electrons. The number of hydrogen-bond acceptors (Lipinski definition) is 4. The number of phenols is 1. The first-order valence-electron chi connectivity index (χ1n) is 7.53. The van der Waals surface area contributed by atoms with Crippen molar-refractivity contribution in [2.45, 2.75) is 13.8 Å². The first-order chi connectivity index (χ1) is 11.1. The summed E-state index contributed by atoms with van der Waals surface area (Å²) in [7, 11) is 0. The lowest BCUT2D eigenvalue weighted by Gasteiger charge is -2.11. The maximum atomic E-state index is 12.9. The van der Waals surface area contributed by atoms with Crippen LogP contribution in [0.4, 0.5) is 0 Å². The summed E-state index contributed by atoms with van der Waals surface area (Å²) in [5.41, 5.74) is 1.49. The first-order valence-corrected chi connectivity index (χ1v) is 7.53. The van der Waals surface area contributed by atoms with E-state index >= 15 is 0 Å². The molecule has 0 atom stereocenters. The van der Waals surface area contributed by atoms with Crippen LogP contribution in [-0.4, -0.2) is 11.7 Å². The summed E-state index contributed by atoms with van der Waals surface area (Å²) < 4.78 is 11.4. The van der Waals surface area contributed by atoms with E-state index < -0.39 is 0 Å². The summed E-state index contributed by atoms with van der Waals surface area (Å²) >= 11 is 0. The molecule has 0 amide bonds. The summed E-state index contributed by atoms with van der Waals surface area (Å²) in [5, 5.41) is 9.83. The summed E-state index contributed by atoms with van der Waals surface area (Å²) in [4.78, 5) is 12.9. The van der Waals surface area contributed by atoms with Crippen molar-refractivity contribution in [1.29, 1.82) is 0 Å². The van der Waals surface area contributed by atoms with Gasteiger partial charge in [0.15, 0.2) is 0 Å². The standard InChI is InChI=1S/C19H18O4/c1-12(2)10-22-16-4-3-5-17-18(16)19(21)15(11-23-17)13-6-8-14(20)9-7-13/h3-9,11-12,20H,10H2,1-2H3. The van der Waals surface area contributed by atoms with Crippen LogP contribution in [-0.2, 0) is 0 Å². The number of rotatable bonds is 4. The van der Waals surface area contributed by atoms with Crippen LogP contribution in [0.2, 0.25) is 0 Å². The molecule has 0 saturated heterocycles. The SMILES string of the molecule is CC(C)COc1cccc2occ(-c3ccc(O)cc3)c(=O)c12. The van der Waals surface area contributed by atoms with Crippen molar-refractivity contribution < 1.29 is 14.3 Å². The Labute approximate surface area is 134 Å². The van der Waals surface area contributed by atoms with Crippen LogP contribution in [0.15, 0.2) is 57.9 Å². The molecule has 2 aromatic carbocycles. The van der Waals surface area contributed by atoms with Crippen LogP contribution < -0.4 is 10.2 Å². The largest absolute Gasteiger partial charge is 0.508 e. The van der Waals surface area contributed by atoms with E-state index in [1.807, 2.05) is 0 Å². The Bertz CT molecular complexity index is 876. The van der Waals surface area contributed by atoms with Gasteiger partial charge in [0.2, 0.25) is 5.43 Å². The van der Waals surface area contributed by atoms with E-state index in [4.69, 9.17) is 9.15 Å². The smallest absolute Gasteiger partial charge is 0.204 e. The minimum absolute atomic E-state index is 0.142. The Balaban J connectivity index is 2.15. The normalized spacial score (nSPS) is 11.1. The van der Waals surface area contributed by atoms with E-state index in [0.717, 1.165) is 0 Å². The molecule has 23 heavy (non-hydrogen) atoms. The van der Waals surface area contributed by atoms with E-state index in [1.165, 1.54) is 6.26 Å². The van der Waals surface area contributed by atoms with Gasteiger partial charge in [0, 0.05) is 0 Å². The van der Waals surface area contributed by atoms with Gasteiger partial charge in [0.1, 0.15) is 28.7 Å². The van der Waals surface area contributed by atoms with Gasteiger partial charge in [-0.2, -0.15) is 0 Å². The highest BCUT2D eigenvalue weighted by Crippen LogP contribution is 2.27. The quantitative estimate of drug-likeness (QED) is 0.784. The molecule has 0 saturated carbocycles. The van der Waals surface area contributed by atoms with Gasteiger partial charge < -0.3 is 14.3 Å². The van der Waals surface area contributed by atoms with Crippen molar-refractivity contribution in [1.82, 2.24) is 0 Å². The van der Waals surface area contributed by atoms with Gasteiger partial charge in [-0.15, -0.1) is 0 Å². The molecule has 118 valence electrons. The molecular weight excluding hydrogens is 292 g/mol. The molecule has 0 aliphatic carbocycles. The fourth-order valence-electron chi connectivity index (χ4n) is 2.36. The topological polar surface area (TPSA) is 59.7 Å². The van der Waals surface area contributed by atoms with Crippen LogP contribution in [0.3, 0.4) is 0 Å². The molecule has 4 heteroatoms. The Morgan fingerprint density at radius 2 is 1.87 bits per heavy atom. The average Bonchev–Trinajstić information content (AvgIpc) is 2.54. The van der Waals surface area contributed by atoms with Gasteiger partial charge in [-0.05, 0) is 35.7 Å². The van der Waals surface area contributed by atoms with E-state index in [2.05, 4.69) is 13.8 Å². The minimum atomic E-state index is -0.142. The number of fused-ring (bicyclic) bond motifs is 1. The fourth-order valence-corrected chi connectivity index (χ4v) is 2.36. The third kappa shape index (κ3) is 3.06. The molecule has 3 aromatic rings. The molecular formula is C19H18O4. The van der Waals surface area contributed by atoms with Crippen LogP contribution in [0, 0.1) is 5.92 Å². The van der Waals surface area contributed by atoms with Crippen LogP contribution in [0.5, 0.6) is 11.5 Å². The molecule has 0 bridgehead atoms. The van der Waals surface area contributed by atoms with E-state index in [1.54, 1.807) is 42.5 Å². The number of phenolic OH excluding ortho intramolecular Hbond substituents is 1. The maximum absolute atomic E-state index is 12.9. The zero-order valence-electron chi connectivity index (χ0n) is 13.1. The zero-order chi connectivity index (χ0) is 16.4. The van der Waals surface area contributed by atoms with Crippen molar-refractivity contribution in [3.8, 4) is 22.6 Å². The monoisotopic (exact) mass is 310 g/mol. The third-order valence-electron chi connectivity index (χ3n) is 3.51. The predicted octanol–water partition coefficient (Wildman–Crippen LogP) is 4.20. The van der Waals surface area contributed by atoms with Crippen molar-refractivity contribution in [2.24, 2.45) is 5.92 Å². The number of aromatic hydroxyl groups is 1. The number of hydrogen-bond donors (Lipinski definition) is 1. The van der Waals surface area contributed by atoms with E-state index in [9.17, 15) is 9.90 Å². The summed E-state index contributed by atoms with van der Waals surface area (Å²) in [5.74, 6) is 1.04. The average molecular weight is 310 g/mol. The Kier molecular flexibility index (Phi) is 4.06. The van der Waals surface area contributed by atoms with Crippen LogP contribution >= 0.6 is 0 Å². The predicted molar refractivity (Wildman–Crippen MR) is 89.9 cm³/mol. The van der Waals surface area contributed by atoms with E-state index in [0.29, 0.717) is 40.4 Å². The molecule has 1 N–H and O–H groups in total. The van der Waals surface area contributed by atoms with Crippen molar-refractivity contribution in [3.63, 3.8) is 0 Å². The molecule has 4 nitrogen and oxygen atoms in total. The Morgan fingerprint density at radius 1 is 1.13 bits per heavy atom. The van der Waals surface area contributed by atoms with Crippen LogP contribution in [0.1, 0.15) is 13.8 Å². The zero-order valence-corrected chi connectivity index (χ0v) is 13.1. The summed E-state index contributed by atoms with van der Waals surface area (Å²) in [6.45, 7) is 4.63. The molecule has 1 heterocycles. The van der Waals surface area contributed by atoms with Gasteiger partial charge in [-0.1, -0.05) is 32.0 Å². The molecule has 0 aliphatic rings. The third-order valence-corrected chi connectivity index (χ3v) is 3.51. The minimum Gasteiger partial charge on any atom is -0.508 e. The summed E-state index contributed by atoms with van der Waals surface area (Å²) in [6.07, 6.45) is 1.45. The fraction of sp³-hybridized carbons (Fsp3) is 0.211. The van der Waals surface area contributed by atoms with Gasteiger partial charge in [0.25, 0.3) is 0 Å². The van der Waals surface area contributed by atoms with Gasteiger partial charge in [-0.3, -0.25) is 4.79 Å². The van der Waals surface area contributed by atoms with Gasteiger partial charge in [0.05, 0.1) is 12.2 Å². The highest BCUT2D eigenvalue weighted by Gasteiger charge is 2.13.